The fraction of sp³-hybridized carbons (Fsp3) is 0.878. The Balaban J connectivity index is 4.40. The Hall–Kier alpha value is -1.93. The van der Waals surface area contributed by atoms with Crippen LogP contribution in [0.2, 0.25) is 0 Å². The number of carboxylic acids is 1. The molecule has 0 heterocycles. The van der Waals surface area contributed by atoms with Crippen molar-refractivity contribution in [1.82, 2.24) is 0 Å². The number of hydrogen-bond acceptors (Lipinski definition) is 6. The van der Waals surface area contributed by atoms with E-state index >= 15 is 0 Å². The van der Waals surface area contributed by atoms with Gasteiger partial charge < -0.3 is 23.8 Å². The third kappa shape index (κ3) is 31.8. The molecule has 2 unspecified atom stereocenters. The molecule has 0 aromatic rings. The van der Waals surface area contributed by atoms with Crippen LogP contribution in [0.15, 0.2) is 12.2 Å². The molecule has 0 aliphatic rings. The van der Waals surface area contributed by atoms with E-state index in [1.54, 1.807) is 0 Å². The van der Waals surface area contributed by atoms with E-state index in [1.807, 2.05) is 21.1 Å². The van der Waals surface area contributed by atoms with E-state index < -0.39 is 18.1 Å². The number of nitrogens with zero attached hydrogens (tertiary/aromatic N) is 1. The summed E-state index contributed by atoms with van der Waals surface area (Å²) < 4.78 is 17.2. The molecule has 1 N–H and O–H groups in total. The summed E-state index contributed by atoms with van der Waals surface area (Å²) >= 11 is 0. The topological polar surface area (TPSA) is 99.1 Å². The fourth-order valence-corrected chi connectivity index (χ4v) is 5.97. The predicted molar refractivity (Wildman–Crippen MR) is 202 cm³/mol. The molecule has 0 aliphatic heterocycles. The number of carbonyl (C=O) groups excluding carboxylic acids is 2. The number of esters is 2. The summed E-state index contributed by atoms with van der Waals surface area (Å²) in [6.07, 6.45) is 32.5. The van der Waals surface area contributed by atoms with Crippen molar-refractivity contribution in [3.8, 4) is 0 Å². The first-order valence-corrected chi connectivity index (χ1v) is 20.2. The van der Waals surface area contributed by atoms with Crippen molar-refractivity contribution in [2.45, 2.75) is 193 Å². The third-order valence-electron chi connectivity index (χ3n) is 9.16. The second-order valence-electron chi connectivity index (χ2n) is 14.9. The van der Waals surface area contributed by atoms with Crippen LogP contribution in [0.25, 0.3) is 0 Å². The minimum atomic E-state index is -0.875. The van der Waals surface area contributed by atoms with Crippen LogP contribution in [0, 0.1) is 0 Å². The molecule has 8 nitrogen and oxygen atoms in total. The highest BCUT2D eigenvalue weighted by Crippen LogP contribution is 2.14. The summed E-state index contributed by atoms with van der Waals surface area (Å²) in [5.74, 6) is -1.48. The molecule has 0 saturated heterocycles. The van der Waals surface area contributed by atoms with Gasteiger partial charge in [0.15, 0.2) is 12.1 Å². The van der Waals surface area contributed by atoms with E-state index in [4.69, 9.17) is 14.2 Å². The summed E-state index contributed by atoms with van der Waals surface area (Å²) in [7, 11) is 5.52. The highest BCUT2D eigenvalue weighted by Gasteiger charge is 2.31. The quantitative estimate of drug-likeness (QED) is 0.0301. The number of carboxylic acid groups (broad SMARTS) is 1. The second-order valence-corrected chi connectivity index (χ2v) is 14.9. The summed E-state index contributed by atoms with van der Waals surface area (Å²) in [6, 6.07) is -0.611. The largest absolute Gasteiger partial charge is 0.477 e. The maximum absolute atomic E-state index is 12.6. The molecule has 0 aliphatic carbocycles. The summed E-state index contributed by atoms with van der Waals surface area (Å²) in [5.41, 5.74) is 0. The standard InChI is InChI=1S/C41H77NO7/c1-6-8-10-12-14-16-18-20-22-23-25-27-29-31-39(43)48-36-37(35-47-34-33-38(41(45)46)42(3,4)5)49-40(44)32-30-28-26-24-21-19-17-15-13-11-9-7-2/h20,22,37-38H,6-19,21,23-36H2,1-5H3/p+1/b22-20+. The molecular formula is C41H78NO7+. The molecule has 8 heteroatoms. The van der Waals surface area contributed by atoms with Gasteiger partial charge in [-0.2, -0.15) is 0 Å². The Labute approximate surface area is 301 Å². The van der Waals surface area contributed by atoms with Gasteiger partial charge in [-0.3, -0.25) is 9.59 Å². The van der Waals surface area contributed by atoms with Gasteiger partial charge in [0.2, 0.25) is 0 Å². The van der Waals surface area contributed by atoms with Gasteiger partial charge in [0.25, 0.3) is 0 Å². The van der Waals surface area contributed by atoms with Crippen LogP contribution >= 0.6 is 0 Å². The van der Waals surface area contributed by atoms with Gasteiger partial charge >= 0.3 is 17.9 Å². The van der Waals surface area contributed by atoms with Crippen LogP contribution in [-0.4, -0.2) is 80.6 Å². The number of carbonyl (C=O) groups is 3. The Kier molecular flexibility index (Phi) is 31.9. The average Bonchev–Trinajstić information content (AvgIpc) is 3.05. The lowest BCUT2D eigenvalue weighted by Gasteiger charge is -2.31. The van der Waals surface area contributed by atoms with E-state index in [-0.39, 0.29) is 36.2 Å². The van der Waals surface area contributed by atoms with Crippen molar-refractivity contribution >= 4 is 17.9 Å². The maximum atomic E-state index is 12.6. The van der Waals surface area contributed by atoms with Gasteiger partial charge in [-0.15, -0.1) is 0 Å². The monoisotopic (exact) mass is 697 g/mol. The number of quaternary nitrogens is 1. The zero-order valence-corrected chi connectivity index (χ0v) is 32.7. The predicted octanol–water partition coefficient (Wildman–Crippen LogP) is 10.4. The van der Waals surface area contributed by atoms with E-state index in [0.29, 0.717) is 19.3 Å². The van der Waals surface area contributed by atoms with E-state index in [9.17, 15) is 19.5 Å². The minimum Gasteiger partial charge on any atom is -0.477 e. The summed E-state index contributed by atoms with van der Waals surface area (Å²) in [4.78, 5) is 36.8. The summed E-state index contributed by atoms with van der Waals surface area (Å²) in [5, 5.41) is 9.58. The van der Waals surface area contributed by atoms with Crippen molar-refractivity contribution in [3.63, 3.8) is 0 Å². The van der Waals surface area contributed by atoms with Gasteiger partial charge in [0.05, 0.1) is 34.4 Å². The molecule has 0 fully saturated rings. The zero-order chi connectivity index (χ0) is 36.4. The van der Waals surface area contributed by atoms with E-state index in [2.05, 4.69) is 26.0 Å². The highest BCUT2D eigenvalue weighted by atomic mass is 16.6. The van der Waals surface area contributed by atoms with Crippen molar-refractivity contribution in [2.75, 3.05) is 41.0 Å². The van der Waals surface area contributed by atoms with Crippen LogP contribution in [0.4, 0.5) is 0 Å². The smallest absolute Gasteiger partial charge is 0.362 e. The molecule has 49 heavy (non-hydrogen) atoms. The third-order valence-corrected chi connectivity index (χ3v) is 9.16. The molecule has 0 radical (unpaired) electrons. The molecule has 0 aromatic heterocycles. The lowest BCUT2D eigenvalue weighted by molar-refractivity contribution is -0.887. The van der Waals surface area contributed by atoms with Crippen molar-refractivity contribution < 1.29 is 38.2 Å². The first-order chi connectivity index (χ1) is 23.6. The van der Waals surface area contributed by atoms with Gasteiger partial charge in [-0.25, -0.2) is 4.79 Å². The highest BCUT2D eigenvalue weighted by molar-refractivity contribution is 5.72. The van der Waals surface area contributed by atoms with Crippen LogP contribution in [0.1, 0.15) is 181 Å². The van der Waals surface area contributed by atoms with E-state index in [0.717, 1.165) is 51.4 Å². The lowest BCUT2D eigenvalue weighted by Crippen LogP contribution is -2.50. The minimum absolute atomic E-state index is 0.0537. The SMILES string of the molecule is CCCCCCCC/C=C/CCCCCC(=O)OCC(COCCC(C(=O)O)[N+](C)(C)C)OC(=O)CCCCCCCCCCCCCC. The number of ether oxygens (including phenoxy) is 3. The number of likely N-dealkylation sites (N-methyl/N-ethyl adjacent to an activating group) is 1. The number of rotatable bonds is 36. The zero-order valence-electron chi connectivity index (χ0n) is 32.7. The molecule has 2 atom stereocenters. The summed E-state index contributed by atoms with van der Waals surface area (Å²) in [6.45, 7) is 4.71. The molecule has 288 valence electrons. The first-order valence-electron chi connectivity index (χ1n) is 20.2. The van der Waals surface area contributed by atoms with Crippen LogP contribution < -0.4 is 0 Å². The lowest BCUT2D eigenvalue weighted by atomic mass is 10.0. The number of allylic oxidation sites excluding steroid dienone is 2. The molecule has 0 spiro atoms. The van der Waals surface area contributed by atoms with Gasteiger partial charge in [0, 0.05) is 19.3 Å². The molecule has 0 amide bonds. The van der Waals surface area contributed by atoms with E-state index in [1.165, 1.54) is 96.3 Å². The Morgan fingerprint density at radius 1 is 0.592 bits per heavy atom. The molecule has 0 aromatic carbocycles. The van der Waals surface area contributed by atoms with Gasteiger partial charge in [-0.05, 0) is 38.5 Å². The van der Waals surface area contributed by atoms with Crippen molar-refractivity contribution in [1.29, 1.82) is 0 Å². The average molecular weight is 697 g/mol. The number of hydrogen-bond donors (Lipinski definition) is 1. The van der Waals surface area contributed by atoms with Gasteiger partial charge in [0.1, 0.15) is 6.61 Å². The fourth-order valence-electron chi connectivity index (χ4n) is 5.97. The first kappa shape index (κ1) is 47.1. The number of aliphatic carboxylic acids is 1. The van der Waals surface area contributed by atoms with Crippen LogP contribution in [0.5, 0.6) is 0 Å². The normalized spacial score (nSPS) is 13.1. The van der Waals surface area contributed by atoms with Crippen molar-refractivity contribution in [3.05, 3.63) is 12.2 Å². The van der Waals surface area contributed by atoms with Crippen LogP contribution in [0.3, 0.4) is 0 Å². The second kappa shape index (κ2) is 33.2. The Morgan fingerprint density at radius 2 is 1.02 bits per heavy atom. The van der Waals surface area contributed by atoms with Crippen LogP contribution in [-0.2, 0) is 28.6 Å². The molecular weight excluding hydrogens is 618 g/mol. The van der Waals surface area contributed by atoms with Crippen molar-refractivity contribution in [2.24, 2.45) is 0 Å². The molecule has 0 saturated carbocycles. The number of unbranched alkanes of at least 4 members (excludes halogenated alkanes) is 20. The maximum Gasteiger partial charge on any atom is 0.362 e. The Bertz CT molecular complexity index is 823. The molecule has 0 rings (SSSR count). The molecule has 0 bridgehead atoms. The van der Waals surface area contributed by atoms with Gasteiger partial charge in [-0.1, -0.05) is 135 Å². The Morgan fingerprint density at radius 3 is 1.49 bits per heavy atom.